The van der Waals surface area contributed by atoms with Gasteiger partial charge >= 0.3 is 11.9 Å². The van der Waals surface area contributed by atoms with Crippen molar-refractivity contribution in [3.8, 4) is 0 Å². The van der Waals surface area contributed by atoms with Crippen molar-refractivity contribution in [2.45, 2.75) is 59.8 Å². The van der Waals surface area contributed by atoms with E-state index in [-0.39, 0.29) is 0 Å². The maximum atomic E-state index is 10.2. The van der Waals surface area contributed by atoms with Crippen LogP contribution in [0.3, 0.4) is 0 Å². The quantitative estimate of drug-likeness (QED) is 0.541. The Bertz CT molecular complexity index is 327. The summed E-state index contributed by atoms with van der Waals surface area (Å²) in [4.78, 5) is 20.4. The smallest absolute Gasteiger partial charge is 0.330 e. The fourth-order valence-electron chi connectivity index (χ4n) is 1.06. The van der Waals surface area contributed by atoms with Gasteiger partial charge in [0.25, 0.3) is 0 Å². The van der Waals surface area contributed by atoms with E-state index in [1.807, 2.05) is 6.92 Å². The molecule has 0 atom stereocenters. The van der Waals surface area contributed by atoms with Gasteiger partial charge in [-0.15, -0.1) is 0 Å². The van der Waals surface area contributed by atoms with Crippen LogP contribution in [0.2, 0.25) is 0 Å². The lowest BCUT2D eigenvalue weighted by Gasteiger charge is -1.91. The third-order valence-corrected chi connectivity index (χ3v) is 2.42. The Hall–Kier alpha value is -1.58. The van der Waals surface area contributed by atoms with Crippen molar-refractivity contribution in [1.29, 1.82) is 0 Å². The lowest BCUT2D eigenvalue weighted by atomic mass is 10.2. The second-order valence-corrected chi connectivity index (χ2v) is 4.32. The fraction of sp³-hybridized carbons (Fsp3) is 0.600. The van der Waals surface area contributed by atoms with E-state index in [1.165, 1.54) is 0 Å². The van der Waals surface area contributed by atoms with Crippen molar-refractivity contribution in [2.75, 3.05) is 0 Å². The summed E-state index contributed by atoms with van der Waals surface area (Å²) in [6.45, 7) is 7.34. The minimum atomic E-state index is -0.816. The van der Waals surface area contributed by atoms with Crippen molar-refractivity contribution in [3.63, 3.8) is 0 Å². The molecule has 0 aliphatic carbocycles. The van der Waals surface area contributed by atoms with Crippen LogP contribution in [0.4, 0.5) is 0 Å². The van der Waals surface area contributed by atoms with E-state index in [4.69, 9.17) is 10.2 Å². The van der Waals surface area contributed by atoms with Crippen molar-refractivity contribution < 1.29 is 19.8 Å². The van der Waals surface area contributed by atoms with E-state index in [0.717, 1.165) is 32.1 Å². The molecule has 0 bridgehead atoms. The highest BCUT2D eigenvalue weighted by atomic mass is 16.4. The first-order chi connectivity index (χ1) is 8.86. The summed E-state index contributed by atoms with van der Waals surface area (Å²) in [5, 5.41) is 16.8. The molecule has 0 fully saturated rings. The fourth-order valence-corrected chi connectivity index (χ4v) is 1.06. The highest BCUT2D eigenvalue weighted by molar-refractivity contribution is 5.86. The van der Waals surface area contributed by atoms with Crippen LogP contribution in [0.15, 0.2) is 23.3 Å². The molecule has 0 aromatic carbocycles. The lowest BCUT2D eigenvalue weighted by molar-refractivity contribution is -0.133. The van der Waals surface area contributed by atoms with Crippen molar-refractivity contribution in [1.82, 2.24) is 0 Å². The van der Waals surface area contributed by atoms with Gasteiger partial charge in [-0.25, -0.2) is 9.59 Å². The van der Waals surface area contributed by atoms with Gasteiger partial charge in [-0.2, -0.15) is 0 Å². The van der Waals surface area contributed by atoms with E-state index < -0.39 is 11.9 Å². The topological polar surface area (TPSA) is 74.6 Å². The van der Waals surface area contributed by atoms with Crippen molar-refractivity contribution in [3.05, 3.63) is 23.3 Å². The van der Waals surface area contributed by atoms with E-state index in [9.17, 15) is 9.59 Å². The van der Waals surface area contributed by atoms with Gasteiger partial charge in [0.2, 0.25) is 0 Å². The molecule has 0 aromatic heterocycles. The Morgan fingerprint density at radius 3 is 1.58 bits per heavy atom. The minimum Gasteiger partial charge on any atom is -0.478 e. The molecule has 0 unspecified atom stereocenters. The number of unbranched alkanes of at least 4 members (excludes halogenated alkanes) is 3. The Labute approximate surface area is 115 Å². The first-order valence-electron chi connectivity index (χ1n) is 6.66. The van der Waals surface area contributed by atoms with E-state index >= 15 is 0 Å². The van der Waals surface area contributed by atoms with Crippen LogP contribution in [0.1, 0.15) is 59.8 Å². The molecule has 4 heteroatoms. The molecule has 0 aliphatic heterocycles. The van der Waals surface area contributed by atoms with Gasteiger partial charge in [0.05, 0.1) is 0 Å². The van der Waals surface area contributed by atoms with Crippen LogP contribution < -0.4 is 0 Å². The summed E-state index contributed by atoms with van der Waals surface area (Å²) in [5.74, 6) is -1.63. The maximum Gasteiger partial charge on any atom is 0.330 e. The molecule has 0 amide bonds. The number of rotatable bonds is 7. The number of aliphatic carboxylic acids is 2. The van der Waals surface area contributed by atoms with Crippen LogP contribution in [0.5, 0.6) is 0 Å². The first kappa shape index (κ1) is 19.8. The zero-order valence-electron chi connectivity index (χ0n) is 12.4. The number of hydrogen-bond donors (Lipinski definition) is 2. The highest BCUT2D eigenvalue weighted by Gasteiger charge is 1.96. The van der Waals surface area contributed by atoms with E-state index in [1.54, 1.807) is 26.0 Å². The van der Waals surface area contributed by atoms with Gasteiger partial charge < -0.3 is 10.2 Å². The SMILES string of the molecule is CCC/C=C(\C)C(=O)O.CCCC/C=C(\C)C(=O)O. The summed E-state index contributed by atoms with van der Waals surface area (Å²) in [6, 6.07) is 0. The summed E-state index contributed by atoms with van der Waals surface area (Å²) in [7, 11) is 0. The van der Waals surface area contributed by atoms with Gasteiger partial charge in [-0.1, -0.05) is 45.3 Å². The summed E-state index contributed by atoms with van der Waals surface area (Å²) >= 11 is 0. The zero-order chi connectivity index (χ0) is 15.3. The molecule has 2 N–H and O–H groups in total. The molecular weight excluding hydrogens is 244 g/mol. The van der Waals surface area contributed by atoms with Crippen LogP contribution in [0.25, 0.3) is 0 Å². The zero-order valence-corrected chi connectivity index (χ0v) is 12.4. The second-order valence-electron chi connectivity index (χ2n) is 4.32. The minimum absolute atomic E-state index is 0.442. The van der Waals surface area contributed by atoms with Gasteiger partial charge in [0.1, 0.15) is 0 Å². The maximum absolute atomic E-state index is 10.2. The number of carboxylic acids is 2. The Kier molecular flexibility index (Phi) is 13.4. The normalized spacial score (nSPS) is 11.6. The summed E-state index contributed by atoms with van der Waals surface area (Å²) < 4.78 is 0. The second kappa shape index (κ2) is 12.9. The molecule has 0 saturated carbocycles. The third-order valence-electron chi connectivity index (χ3n) is 2.42. The molecule has 0 rings (SSSR count). The number of hydrogen-bond acceptors (Lipinski definition) is 2. The number of carboxylic acid groups (broad SMARTS) is 2. The lowest BCUT2D eigenvalue weighted by Crippen LogP contribution is -1.95. The molecule has 0 heterocycles. The van der Waals surface area contributed by atoms with Crippen LogP contribution >= 0.6 is 0 Å². The molecule has 19 heavy (non-hydrogen) atoms. The monoisotopic (exact) mass is 270 g/mol. The molecule has 0 aliphatic rings. The standard InChI is InChI=1S/C8H14O2.C7H12O2/c1-3-4-5-6-7(2)8(9)10;1-3-4-5-6(2)7(8)9/h6H,3-5H2,1-2H3,(H,9,10);5H,3-4H2,1-2H3,(H,8,9)/b7-6+;6-5+. The Morgan fingerprint density at radius 1 is 0.842 bits per heavy atom. The van der Waals surface area contributed by atoms with Crippen LogP contribution in [-0.4, -0.2) is 22.2 Å². The highest BCUT2D eigenvalue weighted by Crippen LogP contribution is 2.00. The molecule has 0 spiro atoms. The largest absolute Gasteiger partial charge is 0.478 e. The van der Waals surface area contributed by atoms with Crippen LogP contribution in [0, 0.1) is 0 Å². The van der Waals surface area contributed by atoms with Crippen molar-refractivity contribution >= 4 is 11.9 Å². The summed E-state index contributed by atoms with van der Waals surface area (Å²) in [6.07, 6.45) is 8.44. The number of carbonyl (C=O) groups is 2. The predicted octanol–water partition coefficient (Wildman–Crippen LogP) is 4.02. The van der Waals surface area contributed by atoms with Crippen molar-refractivity contribution in [2.24, 2.45) is 0 Å². The Balaban J connectivity index is 0. The first-order valence-corrected chi connectivity index (χ1v) is 6.66. The third kappa shape index (κ3) is 14.4. The van der Waals surface area contributed by atoms with Gasteiger partial charge in [-0.3, -0.25) is 0 Å². The average Bonchev–Trinajstić information content (AvgIpc) is 2.36. The average molecular weight is 270 g/mol. The van der Waals surface area contributed by atoms with Gasteiger partial charge in [-0.05, 0) is 26.7 Å². The summed E-state index contributed by atoms with van der Waals surface area (Å²) in [5.41, 5.74) is 0.894. The van der Waals surface area contributed by atoms with Gasteiger partial charge in [0.15, 0.2) is 0 Å². The predicted molar refractivity (Wildman–Crippen MR) is 77.2 cm³/mol. The molecular formula is C15H26O4. The molecule has 110 valence electrons. The van der Waals surface area contributed by atoms with Crippen LogP contribution in [-0.2, 0) is 9.59 Å². The van der Waals surface area contributed by atoms with E-state index in [0.29, 0.717) is 11.1 Å². The molecule has 0 radical (unpaired) electrons. The Morgan fingerprint density at radius 2 is 1.26 bits per heavy atom. The molecule has 0 aromatic rings. The molecule has 0 saturated heterocycles. The van der Waals surface area contributed by atoms with Gasteiger partial charge in [0, 0.05) is 11.1 Å². The number of allylic oxidation sites excluding steroid dienone is 2. The van der Waals surface area contributed by atoms with E-state index in [2.05, 4.69) is 6.92 Å². The molecule has 4 nitrogen and oxygen atoms in total.